The fraction of sp³-hybridized carbons (Fsp3) is 0.366. The summed E-state index contributed by atoms with van der Waals surface area (Å²) in [5.74, 6) is -0.451. The van der Waals surface area contributed by atoms with E-state index in [1.165, 1.54) is 0 Å². The number of urea groups is 1. The second kappa shape index (κ2) is 18.1. The number of hydrogen-bond acceptors (Lipinski definition) is 10. The van der Waals surface area contributed by atoms with Crippen molar-refractivity contribution in [3.8, 4) is 11.1 Å². The smallest absolute Gasteiger partial charge is 0.325 e. The maximum Gasteiger partial charge on any atom is 0.325 e. The number of nitro groups is 1. The zero-order chi connectivity index (χ0) is 38.0. The van der Waals surface area contributed by atoms with Crippen LogP contribution in [0.15, 0.2) is 97.1 Å². The summed E-state index contributed by atoms with van der Waals surface area (Å²) in [6.45, 7) is 8.16. The molecule has 0 aromatic heterocycles. The van der Waals surface area contributed by atoms with Gasteiger partial charge >= 0.3 is 12.0 Å². The molecule has 0 saturated carbocycles. The second-order valence-corrected chi connectivity index (χ2v) is 13.5. The fourth-order valence-electron chi connectivity index (χ4n) is 6.86. The summed E-state index contributed by atoms with van der Waals surface area (Å²) >= 11 is 0. The summed E-state index contributed by atoms with van der Waals surface area (Å²) < 4.78 is 18.3. The van der Waals surface area contributed by atoms with Gasteiger partial charge in [-0.3, -0.25) is 19.8 Å². The first kappa shape index (κ1) is 38.4. The van der Waals surface area contributed by atoms with Gasteiger partial charge in [-0.25, -0.2) is 4.79 Å². The van der Waals surface area contributed by atoms with Crippen molar-refractivity contribution in [2.24, 2.45) is 5.92 Å². The Morgan fingerprint density at radius 1 is 0.870 bits per heavy atom. The summed E-state index contributed by atoms with van der Waals surface area (Å²) in [6, 6.07) is 30.2. The van der Waals surface area contributed by atoms with Crippen LogP contribution in [0.4, 0.5) is 16.2 Å². The van der Waals surface area contributed by atoms with Crippen LogP contribution in [0.1, 0.15) is 48.5 Å². The summed E-state index contributed by atoms with van der Waals surface area (Å²) in [6.07, 6.45) is -0.968. The van der Waals surface area contributed by atoms with E-state index < -0.39 is 18.3 Å². The minimum absolute atomic E-state index is 0.0280. The van der Waals surface area contributed by atoms with Crippen molar-refractivity contribution < 1.29 is 33.8 Å². The van der Waals surface area contributed by atoms with E-state index >= 15 is 0 Å². The summed E-state index contributed by atoms with van der Waals surface area (Å²) in [5, 5.41) is 26.0. The van der Waals surface area contributed by atoms with Crippen molar-refractivity contribution >= 4 is 23.4 Å². The Morgan fingerprint density at radius 2 is 1.57 bits per heavy atom. The molecule has 4 aromatic carbocycles. The summed E-state index contributed by atoms with van der Waals surface area (Å²) in [7, 11) is 0. The first-order valence-electron chi connectivity index (χ1n) is 18.3. The molecule has 6 rings (SSSR count). The van der Waals surface area contributed by atoms with Crippen LogP contribution in [0.3, 0.4) is 0 Å². The molecule has 2 fully saturated rings. The number of carbonyl (C=O) groups is 2. The maximum atomic E-state index is 12.2. The maximum absolute atomic E-state index is 12.2. The molecule has 4 atom stereocenters. The molecule has 284 valence electrons. The van der Waals surface area contributed by atoms with Crippen molar-refractivity contribution in [1.29, 1.82) is 0 Å². The number of ether oxygens (including phenoxy) is 3. The zero-order valence-electron chi connectivity index (χ0n) is 30.6. The van der Waals surface area contributed by atoms with Crippen LogP contribution in [0.5, 0.6) is 0 Å². The Labute approximate surface area is 315 Å². The van der Waals surface area contributed by atoms with Crippen LogP contribution >= 0.6 is 0 Å². The quantitative estimate of drug-likeness (QED) is 0.0881. The van der Waals surface area contributed by atoms with Crippen molar-refractivity contribution in [3.05, 3.63) is 129 Å². The number of amides is 2. The Morgan fingerprint density at radius 3 is 2.24 bits per heavy atom. The highest BCUT2D eigenvalue weighted by molar-refractivity contribution is 5.80. The van der Waals surface area contributed by atoms with Gasteiger partial charge in [-0.15, -0.1) is 0 Å². The van der Waals surface area contributed by atoms with E-state index in [2.05, 4.69) is 27.4 Å². The van der Waals surface area contributed by atoms with Gasteiger partial charge in [0.05, 0.1) is 30.3 Å². The molecule has 2 heterocycles. The molecule has 2 saturated heterocycles. The normalized spacial score (nSPS) is 20.2. The van der Waals surface area contributed by atoms with Gasteiger partial charge in [0.25, 0.3) is 5.69 Å². The van der Waals surface area contributed by atoms with Crippen LogP contribution in [0.2, 0.25) is 0 Å². The van der Waals surface area contributed by atoms with Crippen molar-refractivity contribution in [2.45, 2.75) is 45.5 Å². The van der Waals surface area contributed by atoms with Crippen molar-refractivity contribution in [1.82, 2.24) is 15.5 Å². The van der Waals surface area contributed by atoms with Gasteiger partial charge in [0.1, 0.15) is 6.54 Å². The van der Waals surface area contributed by atoms with Gasteiger partial charge in [0, 0.05) is 68.6 Å². The molecule has 0 spiro atoms. The number of carbonyl (C=O) groups excluding carboxylic acids is 2. The zero-order valence-corrected chi connectivity index (χ0v) is 30.6. The number of anilines is 1. The number of piperazine rings is 1. The number of aliphatic hydroxyl groups is 1. The van der Waals surface area contributed by atoms with E-state index in [1.807, 2.05) is 84.9 Å². The predicted molar refractivity (Wildman–Crippen MR) is 203 cm³/mol. The number of non-ortho nitro benzene ring substituents is 1. The highest BCUT2D eigenvalue weighted by Gasteiger charge is 2.39. The van der Waals surface area contributed by atoms with Gasteiger partial charge < -0.3 is 34.9 Å². The van der Waals surface area contributed by atoms with Gasteiger partial charge in [0.15, 0.2) is 6.29 Å². The van der Waals surface area contributed by atoms with E-state index in [0.717, 1.165) is 71.8 Å². The summed E-state index contributed by atoms with van der Waals surface area (Å²) in [4.78, 5) is 39.1. The van der Waals surface area contributed by atoms with Gasteiger partial charge in [0.2, 0.25) is 0 Å². The Kier molecular flexibility index (Phi) is 12.9. The molecule has 3 N–H and O–H groups in total. The lowest BCUT2D eigenvalue weighted by Crippen LogP contribution is -2.51. The number of benzene rings is 4. The van der Waals surface area contributed by atoms with Crippen LogP contribution in [0, 0.1) is 16.0 Å². The Balaban J connectivity index is 1.12. The number of nitro benzene ring substituents is 1. The second-order valence-electron chi connectivity index (χ2n) is 13.5. The minimum atomic E-state index is -0.604. The minimum Gasteiger partial charge on any atom is -0.465 e. The van der Waals surface area contributed by atoms with Crippen molar-refractivity contribution in [3.63, 3.8) is 0 Å². The van der Waals surface area contributed by atoms with Crippen LogP contribution in [0.25, 0.3) is 11.1 Å². The topological polar surface area (TPSA) is 156 Å². The molecule has 13 nitrogen and oxygen atoms in total. The van der Waals surface area contributed by atoms with Crippen LogP contribution in [-0.4, -0.2) is 78.9 Å². The van der Waals surface area contributed by atoms with Crippen molar-refractivity contribution in [2.75, 3.05) is 50.8 Å². The van der Waals surface area contributed by atoms with Gasteiger partial charge in [-0.05, 0) is 52.9 Å². The van der Waals surface area contributed by atoms with E-state index in [4.69, 9.17) is 14.2 Å². The van der Waals surface area contributed by atoms with E-state index in [-0.39, 0.29) is 55.0 Å². The molecule has 4 unspecified atom stereocenters. The third-order valence-electron chi connectivity index (χ3n) is 9.95. The first-order chi connectivity index (χ1) is 26.2. The van der Waals surface area contributed by atoms with Gasteiger partial charge in [-0.1, -0.05) is 73.7 Å². The number of hydrogen-bond donors (Lipinski definition) is 3. The predicted octanol–water partition coefficient (Wildman–Crippen LogP) is 5.73. The molecule has 4 aromatic rings. The Hall–Kier alpha value is -5.34. The monoisotopic (exact) mass is 737 g/mol. The molecule has 0 aliphatic carbocycles. The SMILES string of the molecule is CCOC(=O)CNC(=O)NCc1cccc(-c2ccc(C3OC(CN4CCN(c5ccc([N+](=O)[O-])cc5)CC4)C(C)C(c4ccc(CO)cc4)O3)cc2)c1. The molecular formula is C41H47N5O8. The molecule has 13 heteroatoms. The highest BCUT2D eigenvalue weighted by Crippen LogP contribution is 2.42. The number of nitrogens with one attached hydrogen (secondary N) is 2. The van der Waals surface area contributed by atoms with E-state index in [9.17, 15) is 24.8 Å². The number of rotatable bonds is 13. The molecule has 54 heavy (non-hydrogen) atoms. The summed E-state index contributed by atoms with van der Waals surface area (Å²) in [5.41, 5.74) is 6.71. The number of esters is 1. The third kappa shape index (κ3) is 9.79. The van der Waals surface area contributed by atoms with Crippen LogP contribution in [-0.2, 0) is 32.2 Å². The van der Waals surface area contributed by atoms with Crippen LogP contribution < -0.4 is 15.5 Å². The highest BCUT2D eigenvalue weighted by atomic mass is 16.7. The number of aliphatic hydroxyl groups excluding tert-OH is 1. The largest absolute Gasteiger partial charge is 0.465 e. The lowest BCUT2D eigenvalue weighted by molar-refractivity contribution is -0.384. The van der Waals surface area contributed by atoms with E-state index in [1.54, 1.807) is 19.1 Å². The first-order valence-corrected chi connectivity index (χ1v) is 18.3. The molecule has 2 amide bonds. The third-order valence-corrected chi connectivity index (χ3v) is 9.95. The Bertz CT molecular complexity index is 1860. The molecule has 0 radical (unpaired) electrons. The lowest BCUT2D eigenvalue weighted by atomic mass is 9.89. The molecule has 0 bridgehead atoms. The van der Waals surface area contributed by atoms with E-state index in [0.29, 0.717) is 0 Å². The molecule has 2 aliphatic rings. The fourth-order valence-corrected chi connectivity index (χ4v) is 6.86. The number of nitrogens with zero attached hydrogens (tertiary/aromatic N) is 3. The lowest BCUT2D eigenvalue weighted by Gasteiger charge is -2.44. The molecule has 2 aliphatic heterocycles. The average Bonchev–Trinajstić information content (AvgIpc) is 3.20. The standard InChI is InChI=1S/C41H47N5O8/c1-3-52-38(48)25-43-41(49)42-24-30-5-4-6-34(23-30)31-11-13-33(14-12-31)40-53-37(28(2)39(54-40)32-9-7-29(27-47)8-10-32)26-44-19-21-45(22-20-44)35-15-17-36(18-16-35)46(50)51/h4-18,23,28,37,39-40,47H,3,19-22,24-27H2,1-2H3,(H2,42,43,49). The average molecular weight is 738 g/mol. The molecular weight excluding hydrogens is 690 g/mol. The van der Waals surface area contributed by atoms with Gasteiger partial charge in [-0.2, -0.15) is 0 Å².